The predicted octanol–water partition coefficient (Wildman–Crippen LogP) is -2.84. The zero-order valence-corrected chi connectivity index (χ0v) is 15.8. The number of hydrogen-bond acceptors (Lipinski definition) is 7. The van der Waals surface area contributed by atoms with Crippen molar-refractivity contribution < 1.29 is 34.5 Å². The van der Waals surface area contributed by atoms with Crippen molar-refractivity contribution in [2.45, 2.75) is 62.9 Å². The quantitative estimate of drug-likeness (QED) is 0.253. The topological polar surface area (TPSA) is 168 Å². The lowest BCUT2D eigenvalue weighted by molar-refractivity contribution is -0.150. The highest BCUT2D eigenvalue weighted by Crippen LogP contribution is 2.18. The van der Waals surface area contributed by atoms with Crippen molar-refractivity contribution in [1.29, 1.82) is 0 Å². The van der Waals surface area contributed by atoms with Crippen LogP contribution in [0.5, 0.6) is 0 Å². The first kappa shape index (κ1) is 22.1. The van der Waals surface area contributed by atoms with E-state index in [4.69, 9.17) is 0 Å². The first-order chi connectivity index (χ1) is 13.3. The highest BCUT2D eigenvalue weighted by Gasteiger charge is 2.39. The van der Waals surface area contributed by atoms with Gasteiger partial charge in [0.15, 0.2) is 0 Å². The zero-order chi connectivity index (χ0) is 20.8. The van der Waals surface area contributed by atoms with Crippen molar-refractivity contribution >= 4 is 23.7 Å². The standard InChI is InChI=1S/C17H28N4O7/c1-9(23)13(20-14(24)10-4-2-6-18-10)15(25)19-11(8-22)16(26)21-7-3-5-12(21)17(27)28/h9-13,18,22-23H,2-8H2,1H3,(H,19,25)(H,20,24)(H,27,28). The predicted molar refractivity (Wildman–Crippen MR) is 96.0 cm³/mol. The van der Waals surface area contributed by atoms with E-state index < -0.39 is 60.6 Å². The first-order valence-electron chi connectivity index (χ1n) is 9.42. The average molecular weight is 400 g/mol. The van der Waals surface area contributed by atoms with E-state index in [1.807, 2.05) is 0 Å². The highest BCUT2D eigenvalue weighted by molar-refractivity contribution is 5.94. The van der Waals surface area contributed by atoms with E-state index in [0.717, 1.165) is 11.3 Å². The largest absolute Gasteiger partial charge is 0.480 e. The molecule has 0 aliphatic carbocycles. The molecule has 0 aromatic carbocycles. The number of carboxylic acids is 1. The van der Waals surface area contributed by atoms with Gasteiger partial charge in [-0.3, -0.25) is 14.4 Å². The summed E-state index contributed by atoms with van der Waals surface area (Å²) in [4.78, 5) is 49.7. The van der Waals surface area contributed by atoms with Gasteiger partial charge in [0.25, 0.3) is 0 Å². The molecule has 0 bridgehead atoms. The number of aliphatic hydroxyl groups excluding tert-OH is 2. The van der Waals surface area contributed by atoms with Crippen LogP contribution in [0, 0.1) is 0 Å². The number of carboxylic acid groups (broad SMARTS) is 1. The number of hydrogen-bond donors (Lipinski definition) is 6. The van der Waals surface area contributed by atoms with Gasteiger partial charge in [0.05, 0.1) is 18.8 Å². The third-order valence-corrected chi connectivity index (χ3v) is 5.06. The first-order valence-corrected chi connectivity index (χ1v) is 9.42. The molecule has 2 aliphatic rings. The summed E-state index contributed by atoms with van der Waals surface area (Å²) >= 11 is 0. The number of nitrogens with zero attached hydrogens (tertiary/aromatic N) is 1. The number of likely N-dealkylation sites (tertiary alicyclic amines) is 1. The normalized spacial score (nSPS) is 25.0. The highest BCUT2D eigenvalue weighted by atomic mass is 16.4. The molecule has 5 unspecified atom stereocenters. The molecular formula is C17H28N4O7. The molecule has 0 spiro atoms. The van der Waals surface area contributed by atoms with E-state index >= 15 is 0 Å². The molecule has 0 saturated carbocycles. The molecule has 28 heavy (non-hydrogen) atoms. The molecule has 0 aromatic heterocycles. The van der Waals surface area contributed by atoms with Crippen LogP contribution in [0.25, 0.3) is 0 Å². The van der Waals surface area contributed by atoms with Crippen molar-refractivity contribution in [2.24, 2.45) is 0 Å². The molecule has 0 aromatic rings. The van der Waals surface area contributed by atoms with Gasteiger partial charge in [0.1, 0.15) is 18.1 Å². The third kappa shape index (κ3) is 5.18. The zero-order valence-electron chi connectivity index (χ0n) is 15.8. The van der Waals surface area contributed by atoms with Gasteiger partial charge in [-0.25, -0.2) is 4.79 Å². The number of rotatable bonds is 8. The lowest BCUT2D eigenvalue weighted by Gasteiger charge is -2.28. The van der Waals surface area contributed by atoms with E-state index in [9.17, 15) is 34.5 Å². The van der Waals surface area contributed by atoms with Crippen molar-refractivity contribution in [3.05, 3.63) is 0 Å². The fourth-order valence-electron chi connectivity index (χ4n) is 3.50. The van der Waals surface area contributed by atoms with Gasteiger partial charge < -0.3 is 36.2 Å². The van der Waals surface area contributed by atoms with Crippen molar-refractivity contribution in [3.8, 4) is 0 Å². The molecule has 11 heteroatoms. The van der Waals surface area contributed by atoms with E-state index in [-0.39, 0.29) is 6.54 Å². The number of nitrogens with one attached hydrogen (secondary N) is 3. The summed E-state index contributed by atoms with van der Waals surface area (Å²) in [5.41, 5.74) is 0. The van der Waals surface area contributed by atoms with Crippen LogP contribution in [-0.4, -0.2) is 93.9 Å². The van der Waals surface area contributed by atoms with Gasteiger partial charge in [0, 0.05) is 6.54 Å². The molecular weight excluding hydrogens is 372 g/mol. The Bertz CT molecular complexity index is 606. The van der Waals surface area contributed by atoms with E-state index in [1.165, 1.54) is 6.92 Å². The summed E-state index contributed by atoms with van der Waals surface area (Å²) in [5.74, 6) is -3.13. The number of amides is 3. The van der Waals surface area contributed by atoms with E-state index in [0.29, 0.717) is 25.8 Å². The van der Waals surface area contributed by atoms with Gasteiger partial charge in [-0.2, -0.15) is 0 Å². The van der Waals surface area contributed by atoms with Crippen LogP contribution in [0.3, 0.4) is 0 Å². The number of aliphatic hydroxyl groups is 2. The minimum absolute atomic E-state index is 0.214. The Hall–Kier alpha value is -2.24. The Morgan fingerprint density at radius 1 is 1.18 bits per heavy atom. The molecule has 2 saturated heterocycles. The summed E-state index contributed by atoms with van der Waals surface area (Å²) < 4.78 is 0. The molecule has 5 atom stereocenters. The molecule has 2 heterocycles. The van der Waals surface area contributed by atoms with Crippen LogP contribution in [-0.2, 0) is 19.2 Å². The smallest absolute Gasteiger partial charge is 0.326 e. The molecule has 2 rings (SSSR count). The molecule has 11 nitrogen and oxygen atoms in total. The van der Waals surface area contributed by atoms with Crippen LogP contribution in [0.1, 0.15) is 32.6 Å². The van der Waals surface area contributed by atoms with Crippen LogP contribution in [0.4, 0.5) is 0 Å². The Morgan fingerprint density at radius 3 is 2.43 bits per heavy atom. The second kappa shape index (κ2) is 9.80. The molecule has 2 aliphatic heterocycles. The number of carbonyl (C=O) groups excluding carboxylic acids is 3. The Kier molecular flexibility index (Phi) is 7.72. The summed E-state index contributed by atoms with van der Waals surface area (Å²) in [6.07, 6.45) is 1.01. The fraction of sp³-hybridized carbons (Fsp3) is 0.765. The summed E-state index contributed by atoms with van der Waals surface area (Å²) in [5, 5.41) is 36.4. The van der Waals surface area contributed by atoms with Gasteiger partial charge in [-0.1, -0.05) is 0 Å². The average Bonchev–Trinajstić information content (AvgIpc) is 3.34. The Labute approximate surface area is 162 Å². The summed E-state index contributed by atoms with van der Waals surface area (Å²) in [6, 6.07) is -4.13. The molecule has 2 fully saturated rings. The monoisotopic (exact) mass is 400 g/mol. The van der Waals surface area contributed by atoms with Gasteiger partial charge >= 0.3 is 5.97 Å². The maximum atomic E-state index is 12.6. The van der Waals surface area contributed by atoms with E-state index in [1.54, 1.807) is 0 Å². The van der Waals surface area contributed by atoms with Gasteiger partial charge in [0.2, 0.25) is 17.7 Å². The summed E-state index contributed by atoms with van der Waals surface area (Å²) in [7, 11) is 0. The maximum Gasteiger partial charge on any atom is 0.326 e. The number of carbonyl (C=O) groups is 4. The number of aliphatic carboxylic acids is 1. The maximum absolute atomic E-state index is 12.6. The second-order valence-electron chi connectivity index (χ2n) is 7.15. The van der Waals surface area contributed by atoms with Crippen molar-refractivity contribution in [2.75, 3.05) is 19.7 Å². The van der Waals surface area contributed by atoms with Crippen LogP contribution in [0.15, 0.2) is 0 Å². The molecule has 3 amide bonds. The fourth-order valence-corrected chi connectivity index (χ4v) is 3.50. The summed E-state index contributed by atoms with van der Waals surface area (Å²) in [6.45, 7) is 1.48. The van der Waals surface area contributed by atoms with Crippen LogP contribution >= 0.6 is 0 Å². The van der Waals surface area contributed by atoms with Gasteiger partial charge in [-0.15, -0.1) is 0 Å². The lowest BCUT2D eigenvalue weighted by Crippen LogP contribution is -2.60. The SMILES string of the molecule is CC(O)C(NC(=O)C1CCCN1)C(=O)NC(CO)C(=O)N1CCCC1C(=O)O. The van der Waals surface area contributed by atoms with Crippen molar-refractivity contribution in [3.63, 3.8) is 0 Å². The Morgan fingerprint density at radius 2 is 1.89 bits per heavy atom. The molecule has 0 radical (unpaired) electrons. The molecule has 6 N–H and O–H groups in total. The van der Waals surface area contributed by atoms with Gasteiger partial charge in [-0.05, 0) is 39.2 Å². The van der Waals surface area contributed by atoms with Crippen LogP contribution < -0.4 is 16.0 Å². The van der Waals surface area contributed by atoms with Crippen LogP contribution in [0.2, 0.25) is 0 Å². The Balaban J connectivity index is 2.02. The second-order valence-corrected chi connectivity index (χ2v) is 7.15. The van der Waals surface area contributed by atoms with Crippen molar-refractivity contribution in [1.82, 2.24) is 20.9 Å². The third-order valence-electron chi connectivity index (χ3n) is 5.06. The molecule has 158 valence electrons. The lowest BCUT2D eigenvalue weighted by atomic mass is 10.1. The minimum atomic E-state index is -1.37. The van der Waals surface area contributed by atoms with E-state index in [2.05, 4.69) is 16.0 Å². The minimum Gasteiger partial charge on any atom is -0.480 e.